The fourth-order valence-corrected chi connectivity index (χ4v) is 2.44. The summed E-state index contributed by atoms with van der Waals surface area (Å²) >= 11 is 0. The second-order valence-electron chi connectivity index (χ2n) is 5.66. The van der Waals surface area contributed by atoms with Gasteiger partial charge in [0.2, 0.25) is 12.7 Å². The number of fused-ring (bicyclic) bond motifs is 1. The van der Waals surface area contributed by atoms with Gasteiger partial charge < -0.3 is 20.5 Å². The molecule has 1 amide bonds. The van der Waals surface area contributed by atoms with Gasteiger partial charge in [0.15, 0.2) is 11.5 Å². The first-order valence-corrected chi connectivity index (χ1v) is 7.62. The highest BCUT2D eigenvalue weighted by atomic mass is 16.7. The van der Waals surface area contributed by atoms with E-state index in [0.717, 1.165) is 33.9 Å². The Morgan fingerprint density at radius 3 is 2.74 bits per heavy atom. The van der Waals surface area contributed by atoms with E-state index in [1.54, 1.807) is 0 Å². The second-order valence-corrected chi connectivity index (χ2v) is 5.66. The predicted molar refractivity (Wildman–Crippen MR) is 88.3 cm³/mol. The summed E-state index contributed by atoms with van der Waals surface area (Å²) in [6, 6.07) is 11.6. The van der Waals surface area contributed by atoms with Crippen LogP contribution in [0.4, 0.5) is 5.69 Å². The Morgan fingerprint density at radius 2 is 1.91 bits per heavy atom. The summed E-state index contributed by atoms with van der Waals surface area (Å²) in [5, 5.41) is 2.92. The van der Waals surface area contributed by atoms with Crippen molar-refractivity contribution in [3.8, 4) is 11.5 Å². The lowest BCUT2D eigenvalue weighted by Crippen LogP contribution is -2.23. The van der Waals surface area contributed by atoms with Crippen molar-refractivity contribution in [2.24, 2.45) is 0 Å². The average Bonchev–Trinajstić information content (AvgIpc) is 3.01. The third-order valence-corrected chi connectivity index (χ3v) is 3.91. The van der Waals surface area contributed by atoms with Gasteiger partial charge in [0.25, 0.3) is 0 Å². The molecule has 1 aliphatic heterocycles. The maximum absolute atomic E-state index is 12.0. The number of hydrogen-bond donors (Lipinski definition) is 2. The van der Waals surface area contributed by atoms with Gasteiger partial charge in [-0.3, -0.25) is 4.79 Å². The van der Waals surface area contributed by atoms with Crippen molar-refractivity contribution in [1.29, 1.82) is 0 Å². The number of ether oxygens (including phenoxy) is 2. The molecular formula is C18H20N2O3. The topological polar surface area (TPSA) is 73.6 Å². The Balaban J connectivity index is 1.48. The van der Waals surface area contributed by atoms with E-state index in [4.69, 9.17) is 15.2 Å². The Kier molecular flexibility index (Phi) is 4.37. The molecule has 0 saturated carbocycles. The molecule has 5 nitrogen and oxygen atoms in total. The van der Waals surface area contributed by atoms with Gasteiger partial charge in [0, 0.05) is 18.7 Å². The van der Waals surface area contributed by atoms with Crippen molar-refractivity contribution in [3.63, 3.8) is 0 Å². The third kappa shape index (κ3) is 3.74. The monoisotopic (exact) mass is 312 g/mol. The van der Waals surface area contributed by atoms with Crippen molar-refractivity contribution >= 4 is 11.6 Å². The molecule has 0 saturated heterocycles. The lowest BCUT2D eigenvalue weighted by molar-refractivity contribution is -0.121. The van der Waals surface area contributed by atoms with Crippen LogP contribution in [0.3, 0.4) is 0 Å². The van der Waals surface area contributed by atoms with E-state index in [1.807, 2.05) is 43.3 Å². The number of rotatable bonds is 5. The molecule has 1 heterocycles. The highest BCUT2D eigenvalue weighted by Crippen LogP contribution is 2.32. The summed E-state index contributed by atoms with van der Waals surface area (Å²) in [5.41, 5.74) is 9.77. The highest BCUT2D eigenvalue weighted by Gasteiger charge is 2.13. The molecule has 0 radical (unpaired) electrons. The number of benzene rings is 2. The van der Waals surface area contributed by atoms with Crippen LogP contribution in [-0.2, 0) is 17.8 Å². The highest BCUT2D eigenvalue weighted by molar-refractivity contribution is 5.76. The summed E-state index contributed by atoms with van der Waals surface area (Å²) in [7, 11) is 0. The van der Waals surface area contributed by atoms with E-state index in [9.17, 15) is 4.79 Å². The molecule has 0 aromatic heterocycles. The molecule has 2 aromatic rings. The van der Waals surface area contributed by atoms with Crippen LogP contribution in [0.25, 0.3) is 0 Å². The van der Waals surface area contributed by atoms with Crippen molar-refractivity contribution in [1.82, 2.24) is 5.32 Å². The molecule has 3 rings (SSSR count). The number of nitrogens with one attached hydrogen (secondary N) is 1. The van der Waals surface area contributed by atoms with Gasteiger partial charge in [-0.1, -0.05) is 18.2 Å². The summed E-state index contributed by atoms with van der Waals surface area (Å²) in [6.07, 6.45) is 1.12. The SMILES string of the molecule is Cc1ccc(CCC(=O)NCc2ccc3c(c2)OCO3)cc1N. The van der Waals surface area contributed by atoms with Crippen molar-refractivity contribution in [3.05, 3.63) is 53.1 Å². The molecule has 0 atom stereocenters. The fourth-order valence-electron chi connectivity index (χ4n) is 2.44. The normalized spacial score (nSPS) is 12.2. The summed E-state index contributed by atoms with van der Waals surface area (Å²) in [4.78, 5) is 12.0. The molecule has 0 unspecified atom stereocenters. The predicted octanol–water partition coefficient (Wildman–Crippen LogP) is 2.55. The zero-order chi connectivity index (χ0) is 16.2. The Hall–Kier alpha value is -2.69. The molecule has 0 spiro atoms. The first-order valence-electron chi connectivity index (χ1n) is 7.62. The average molecular weight is 312 g/mol. The van der Waals surface area contributed by atoms with Gasteiger partial charge in [-0.15, -0.1) is 0 Å². The zero-order valence-electron chi connectivity index (χ0n) is 13.1. The van der Waals surface area contributed by atoms with Crippen LogP contribution in [-0.4, -0.2) is 12.7 Å². The third-order valence-electron chi connectivity index (χ3n) is 3.91. The maximum Gasteiger partial charge on any atom is 0.231 e. The molecule has 0 aliphatic carbocycles. The summed E-state index contributed by atoms with van der Waals surface area (Å²) in [5.74, 6) is 1.49. The fraction of sp³-hybridized carbons (Fsp3) is 0.278. The van der Waals surface area contributed by atoms with E-state index in [-0.39, 0.29) is 12.7 Å². The molecular weight excluding hydrogens is 292 g/mol. The summed E-state index contributed by atoms with van der Waals surface area (Å²) < 4.78 is 10.6. The van der Waals surface area contributed by atoms with E-state index in [0.29, 0.717) is 19.4 Å². The van der Waals surface area contributed by atoms with E-state index in [2.05, 4.69) is 5.32 Å². The van der Waals surface area contributed by atoms with Crippen molar-refractivity contribution < 1.29 is 14.3 Å². The van der Waals surface area contributed by atoms with Gasteiger partial charge in [0.1, 0.15) is 0 Å². The first-order chi connectivity index (χ1) is 11.1. The van der Waals surface area contributed by atoms with Gasteiger partial charge in [-0.2, -0.15) is 0 Å². The van der Waals surface area contributed by atoms with E-state index >= 15 is 0 Å². The van der Waals surface area contributed by atoms with Crippen LogP contribution in [0.2, 0.25) is 0 Å². The minimum Gasteiger partial charge on any atom is -0.454 e. The number of anilines is 1. The second kappa shape index (κ2) is 6.60. The molecule has 23 heavy (non-hydrogen) atoms. The Bertz CT molecular complexity index is 728. The lowest BCUT2D eigenvalue weighted by atomic mass is 10.1. The smallest absolute Gasteiger partial charge is 0.231 e. The van der Waals surface area contributed by atoms with Gasteiger partial charge >= 0.3 is 0 Å². The number of nitrogens with two attached hydrogens (primary N) is 1. The molecule has 3 N–H and O–H groups in total. The zero-order valence-corrected chi connectivity index (χ0v) is 13.1. The van der Waals surface area contributed by atoms with Gasteiger partial charge in [-0.05, 0) is 48.2 Å². The number of aryl methyl sites for hydroxylation is 2. The van der Waals surface area contributed by atoms with Gasteiger partial charge in [0.05, 0.1) is 0 Å². The van der Waals surface area contributed by atoms with Crippen LogP contribution in [0, 0.1) is 6.92 Å². The summed E-state index contributed by atoms with van der Waals surface area (Å²) in [6.45, 7) is 2.70. The molecule has 0 fully saturated rings. The minimum atomic E-state index is 0.0156. The maximum atomic E-state index is 12.0. The molecule has 5 heteroatoms. The van der Waals surface area contributed by atoms with Crippen LogP contribution in [0.5, 0.6) is 11.5 Å². The van der Waals surface area contributed by atoms with Crippen LogP contribution in [0.15, 0.2) is 36.4 Å². The Labute approximate surface area is 135 Å². The van der Waals surface area contributed by atoms with Crippen molar-refractivity contribution in [2.45, 2.75) is 26.3 Å². The quantitative estimate of drug-likeness (QED) is 0.832. The van der Waals surface area contributed by atoms with Crippen molar-refractivity contribution in [2.75, 3.05) is 12.5 Å². The number of amides is 1. The van der Waals surface area contributed by atoms with E-state index in [1.165, 1.54) is 0 Å². The minimum absolute atomic E-state index is 0.0156. The molecule has 120 valence electrons. The van der Waals surface area contributed by atoms with Gasteiger partial charge in [-0.25, -0.2) is 0 Å². The largest absolute Gasteiger partial charge is 0.454 e. The number of nitrogen functional groups attached to an aromatic ring is 1. The van der Waals surface area contributed by atoms with Crippen LogP contribution in [0.1, 0.15) is 23.1 Å². The number of carbonyl (C=O) groups excluding carboxylic acids is 1. The number of hydrogen-bond acceptors (Lipinski definition) is 4. The molecule has 0 bridgehead atoms. The first kappa shape index (κ1) is 15.2. The number of carbonyl (C=O) groups is 1. The standard InChI is InChI=1S/C18H20N2O3/c1-12-2-3-13(8-15(12)19)5-7-18(21)20-10-14-4-6-16-17(9-14)23-11-22-16/h2-4,6,8-9H,5,7,10-11,19H2,1H3,(H,20,21). The molecule has 2 aromatic carbocycles. The molecule has 1 aliphatic rings. The Morgan fingerprint density at radius 1 is 1.13 bits per heavy atom. The van der Waals surface area contributed by atoms with E-state index < -0.39 is 0 Å². The van der Waals surface area contributed by atoms with Crippen LogP contribution < -0.4 is 20.5 Å². The lowest BCUT2D eigenvalue weighted by Gasteiger charge is -2.07. The van der Waals surface area contributed by atoms with Crippen LogP contribution >= 0.6 is 0 Å².